The molecule has 3 unspecified atom stereocenters. The molecular weight excluding hydrogens is 318 g/mol. The number of nitrogens with zero attached hydrogens (tertiary/aromatic N) is 2. The maximum Gasteiger partial charge on any atom is 0.322 e. The Bertz CT molecular complexity index is 585. The van der Waals surface area contributed by atoms with Gasteiger partial charge in [-0.15, -0.1) is 0 Å². The van der Waals surface area contributed by atoms with Crippen LogP contribution in [-0.4, -0.2) is 62.0 Å². The number of hydrogen-bond acceptors (Lipinski definition) is 4. The minimum atomic E-state index is -0.0557. The van der Waals surface area contributed by atoms with Crippen molar-refractivity contribution >= 4 is 17.4 Å². The molecule has 3 atom stereocenters. The highest BCUT2D eigenvalue weighted by Crippen LogP contribution is 2.29. The molecule has 1 aromatic carbocycles. The van der Waals surface area contributed by atoms with Crippen LogP contribution in [0.3, 0.4) is 0 Å². The van der Waals surface area contributed by atoms with Crippen molar-refractivity contribution in [2.45, 2.75) is 45.4 Å². The molecule has 0 radical (unpaired) electrons. The highest BCUT2D eigenvalue weighted by atomic mass is 16.5. The molecule has 25 heavy (non-hydrogen) atoms. The van der Waals surface area contributed by atoms with Crippen molar-refractivity contribution in [3.05, 3.63) is 24.3 Å². The zero-order valence-electron chi connectivity index (χ0n) is 15.4. The van der Waals surface area contributed by atoms with Crippen LogP contribution in [0.15, 0.2) is 24.3 Å². The molecule has 2 amide bonds. The number of benzene rings is 1. The zero-order valence-corrected chi connectivity index (χ0v) is 15.4. The van der Waals surface area contributed by atoms with Crippen molar-refractivity contribution in [3.63, 3.8) is 0 Å². The van der Waals surface area contributed by atoms with Crippen LogP contribution in [0, 0.1) is 0 Å². The fourth-order valence-corrected chi connectivity index (χ4v) is 3.61. The number of carbonyl (C=O) groups excluding carboxylic acids is 1. The molecule has 2 aliphatic rings. The minimum absolute atomic E-state index is 0.0557. The van der Waals surface area contributed by atoms with Gasteiger partial charge in [0.15, 0.2) is 0 Å². The van der Waals surface area contributed by atoms with Crippen LogP contribution in [-0.2, 0) is 9.47 Å². The molecule has 0 aromatic heterocycles. The predicted molar refractivity (Wildman–Crippen MR) is 99.3 cm³/mol. The van der Waals surface area contributed by atoms with Gasteiger partial charge in [-0.2, -0.15) is 0 Å². The fraction of sp³-hybridized carbons (Fsp3) is 0.632. The van der Waals surface area contributed by atoms with E-state index in [1.165, 1.54) is 0 Å². The van der Waals surface area contributed by atoms with Gasteiger partial charge in [0.2, 0.25) is 0 Å². The number of morpholine rings is 1. The van der Waals surface area contributed by atoms with Gasteiger partial charge in [-0.25, -0.2) is 4.79 Å². The molecule has 2 heterocycles. The summed E-state index contributed by atoms with van der Waals surface area (Å²) in [5.41, 5.74) is 1.91. The summed E-state index contributed by atoms with van der Waals surface area (Å²) in [5.74, 6) is 0. The summed E-state index contributed by atoms with van der Waals surface area (Å²) in [6.45, 7) is 9.83. The molecular formula is C19H29N3O3. The van der Waals surface area contributed by atoms with Crippen molar-refractivity contribution in [2.75, 3.05) is 43.1 Å². The number of rotatable bonds is 2. The molecule has 1 aromatic rings. The fourth-order valence-electron chi connectivity index (χ4n) is 3.61. The van der Waals surface area contributed by atoms with E-state index in [4.69, 9.17) is 9.47 Å². The first-order chi connectivity index (χ1) is 12.0. The van der Waals surface area contributed by atoms with Crippen LogP contribution in [0.4, 0.5) is 16.2 Å². The van der Waals surface area contributed by atoms with E-state index in [0.29, 0.717) is 19.8 Å². The topological polar surface area (TPSA) is 54.0 Å². The standard InChI is InChI=1S/C19H29N3O3/c1-14-8-10-24-11-9-22(14)19(23)20-17-6-4-5-7-18(17)21-12-15(2)25-16(3)13-21/h4-7,14-16H,8-13H2,1-3H3,(H,20,23). The highest BCUT2D eigenvalue weighted by molar-refractivity contribution is 5.93. The van der Waals surface area contributed by atoms with Crippen LogP contribution in [0.25, 0.3) is 0 Å². The van der Waals surface area contributed by atoms with Crippen LogP contribution >= 0.6 is 0 Å². The van der Waals surface area contributed by atoms with Gasteiger partial charge >= 0.3 is 6.03 Å². The number of amides is 2. The van der Waals surface area contributed by atoms with E-state index in [1.807, 2.05) is 23.1 Å². The van der Waals surface area contributed by atoms with Gasteiger partial charge in [0.1, 0.15) is 0 Å². The number of anilines is 2. The van der Waals surface area contributed by atoms with E-state index < -0.39 is 0 Å². The predicted octanol–water partition coefficient (Wildman–Crippen LogP) is 2.94. The Labute approximate surface area is 150 Å². The van der Waals surface area contributed by atoms with E-state index in [2.05, 4.69) is 37.1 Å². The second-order valence-corrected chi connectivity index (χ2v) is 7.05. The van der Waals surface area contributed by atoms with Crippen molar-refractivity contribution in [2.24, 2.45) is 0 Å². The summed E-state index contributed by atoms with van der Waals surface area (Å²) >= 11 is 0. The number of hydrogen-bond donors (Lipinski definition) is 1. The van der Waals surface area contributed by atoms with Crippen LogP contribution in [0.2, 0.25) is 0 Å². The van der Waals surface area contributed by atoms with E-state index in [9.17, 15) is 4.79 Å². The monoisotopic (exact) mass is 347 g/mol. The lowest BCUT2D eigenvalue weighted by Crippen LogP contribution is -2.46. The normalized spacial score (nSPS) is 27.7. The molecule has 0 aliphatic carbocycles. The zero-order chi connectivity index (χ0) is 17.8. The van der Waals surface area contributed by atoms with E-state index in [0.717, 1.165) is 30.9 Å². The van der Waals surface area contributed by atoms with Gasteiger partial charge in [0.25, 0.3) is 0 Å². The van der Waals surface area contributed by atoms with Gasteiger partial charge < -0.3 is 24.6 Å². The van der Waals surface area contributed by atoms with E-state index in [1.54, 1.807) is 0 Å². The Morgan fingerprint density at radius 2 is 1.84 bits per heavy atom. The molecule has 6 nitrogen and oxygen atoms in total. The Hall–Kier alpha value is -1.79. The third-order valence-corrected chi connectivity index (χ3v) is 4.86. The summed E-state index contributed by atoms with van der Waals surface area (Å²) in [6.07, 6.45) is 1.22. The largest absolute Gasteiger partial charge is 0.380 e. The lowest BCUT2D eigenvalue weighted by molar-refractivity contribution is -0.00517. The molecule has 3 rings (SSSR count). The third kappa shape index (κ3) is 4.44. The summed E-state index contributed by atoms with van der Waals surface area (Å²) in [7, 11) is 0. The molecule has 0 spiro atoms. The number of para-hydroxylation sites is 2. The molecule has 1 N–H and O–H groups in total. The third-order valence-electron chi connectivity index (χ3n) is 4.86. The van der Waals surface area contributed by atoms with Gasteiger partial charge in [-0.3, -0.25) is 0 Å². The Morgan fingerprint density at radius 1 is 1.12 bits per heavy atom. The van der Waals surface area contributed by atoms with Crippen molar-refractivity contribution in [1.82, 2.24) is 4.90 Å². The second kappa shape index (κ2) is 8.06. The number of nitrogens with one attached hydrogen (secondary N) is 1. The minimum Gasteiger partial charge on any atom is -0.380 e. The summed E-state index contributed by atoms with van der Waals surface area (Å²) in [5, 5.41) is 3.11. The number of carbonyl (C=O) groups is 1. The van der Waals surface area contributed by atoms with Crippen molar-refractivity contribution in [1.29, 1.82) is 0 Å². The molecule has 2 saturated heterocycles. The summed E-state index contributed by atoms with van der Waals surface area (Å²) in [4.78, 5) is 17.0. The average Bonchev–Trinajstić information content (AvgIpc) is 2.79. The van der Waals surface area contributed by atoms with Crippen LogP contribution in [0.1, 0.15) is 27.2 Å². The molecule has 0 bridgehead atoms. The first-order valence-corrected chi connectivity index (χ1v) is 9.19. The van der Waals surface area contributed by atoms with Gasteiger partial charge in [-0.1, -0.05) is 12.1 Å². The SMILES string of the molecule is CC1CN(c2ccccc2NC(=O)N2CCOCCC2C)CC(C)O1. The lowest BCUT2D eigenvalue weighted by atomic mass is 10.1. The molecule has 138 valence electrons. The molecule has 2 fully saturated rings. The maximum atomic E-state index is 12.8. The second-order valence-electron chi connectivity index (χ2n) is 7.05. The molecule has 0 saturated carbocycles. The lowest BCUT2D eigenvalue weighted by Gasteiger charge is -2.38. The van der Waals surface area contributed by atoms with Crippen molar-refractivity contribution < 1.29 is 14.3 Å². The molecule has 2 aliphatic heterocycles. The van der Waals surface area contributed by atoms with Crippen LogP contribution in [0.5, 0.6) is 0 Å². The first-order valence-electron chi connectivity index (χ1n) is 9.19. The average molecular weight is 347 g/mol. The van der Waals surface area contributed by atoms with Crippen LogP contribution < -0.4 is 10.2 Å². The Balaban J connectivity index is 1.75. The van der Waals surface area contributed by atoms with E-state index in [-0.39, 0.29) is 24.3 Å². The first kappa shape index (κ1) is 18.0. The Morgan fingerprint density at radius 3 is 2.60 bits per heavy atom. The quantitative estimate of drug-likeness (QED) is 0.894. The van der Waals surface area contributed by atoms with Gasteiger partial charge in [0.05, 0.1) is 30.2 Å². The van der Waals surface area contributed by atoms with Gasteiger partial charge in [0, 0.05) is 32.3 Å². The number of urea groups is 1. The summed E-state index contributed by atoms with van der Waals surface area (Å²) < 4.78 is 11.3. The number of ether oxygens (including phenoxy) is 2. The highest BCUT2D eigenvalue weighted by Gasteiger charge is 2.26. The smallest absolute Gasteiger partial charge is 0.322 e. The van der Waals surface area contributed by atoms with Crippen molar-refractivity contribution in [3.8, 4) is 0 Å². The van der Waals surface area contributed by atoms with Gasteiger partial charge in [-0.05, 0) is 39.3 Å². The molecule has 6 heteroatoms. The summed E-state index contributed by atoms with van der Waals surface area (Å²) in [6, 6.07) is 8.13. The Kier molecular flexibility index (Phi) is 5.81. The maximum absolute atomic E-state index is 12.8. The van der Waals surface area contributed by atoms with E-state index >= 15 is 0 Å².